The third-order valence-electron chi connectivity index (χ3n) is 3.86. The Morgan fingerprint density at radius 3 is 2.24 bits per heavy atom. The average molecular weight is 291 g/mol. The summed E-state index contributed by atoms with van der Waals surface area (Å²) in [6.07, 6.45) is 3.45. The standard InChI is InChI=1S/C17H25NO3/c1-4-5-10-17(2,16(20)21)12-14-8-6-13(7-9-14)11-15(19)18-3/h6-9H,4-5,10-12H2,1-3H3,(H,18,19)(H,20,21). The lowest BCUT2D eigenvalue weighted by Crippen LogP contribution is -2.30. The molecule has 0 aromatic heterocycles. The van der Waals surface area contributed by atoms with Crippen LogP contribution in [0.1, 0.15) is 44.2 Å². The van der Waals surface area contributed by atoms with E-state index < -0.39 is 11.4 Å². The number of carboxylic acid groups (broad SMARTS) is 1. The largest absolute Gasteiger partial charge is 0.481 e. The molecular formula is C17H25NO3. The van der Waals surface area contributed by atoms with E-state index >= 15 is 0 Å². The number of carbonyl (C=O) groups is 2. The predicted molar refractivity (Wildman–Crippen MR) is 83.2 cm³/mol. The maximum absolute atomic E-state index is 11.5. The number of hydrogen-bond acceptors (Lipinski definition) is 2. The van der Waals surface area contributed by atoms with Gasteiger partial charge in [0.05, 0.1) is 11.8 Å². The molecule has 2 N–H and O–H groups in total. The van der Waals surface area contributed by atoms with Gasteiger partial charge in [0.25, 0.3) is 0 Å². The van der Waals surface area contributed by atoms with E-state index in [-0.39, 0.29) is 5.91 Å². The van der Waals surface area contributed by atoms with Gasteiger partial charge in [0, 0.05) is 7.05 Å². The zero-order valence-electron chi connectivity index (χ0n) is 13.1. The van der Waals surface area contributed by atoms with Crippen molar-refractivity contribution in [3.8, 4) is 0 Å². The van der Waals surface area contributed by atoms with Crippen molar-refractivity contribution in [3.05, 3.63) is 35.4 Å². The van der Waals surface area contributed by atoms with Gasteiger partial charge in [0.2, 0.25) is 5.91 Å². The third-order valence-corrected chi connectivity index (χ3v) is 3.86. The molecule has 0 bridgehead atoms. The van der Waals surface area contributed by atoms with Crippen LogP contribution in [0.15, 0.2) is 24.3 Å². The molecule has 1 rings (SSSR count). The van der Waals surface area contributed by atoms with Crippen LogP contribution in [-0.2, 0) is 22.4 Å². The van der Waals surface area contributed by atoms with E-state index in [1.165, 1.54) is 0 Å². The van der Waals surface area contributed by atoms with Crippen molar-refractivity contribution >= 4 is 11.9 Å². The van der Waals surface area contributed by atoms with Crippen LogP contribution in [0.4, 0.5) is 0 Å². The number of likely N-dealkylation sites (N-methyl/N-ethyl adjacent to an activating group) is 1. The van der Waals surface area contributed by atoms with Gasteiger partial charge in [-0.1, -0.05) is 44.0 Å². The molecule has 116 valence electrons. The third kappa shape index (κ3) is 5.21. The van der Waals surface area contributed by atoms with Crippen molar-refractivity contribution < 1.29 is 14.7 Å². The van der Waals surface area contributed by atoms with Gasteiger partial charge in [-0.05, 0) is 30.9 Å². The molecule has 1 amide bonds. The lowest BCUT2D eigenvalue weighted by Gasteiger charge is -2.24. The zero-order chi connectivity index (χ0) is 15.9. The van der Waals surface area contributed by atoms with E-state index in [0.29, 0.717) is 19.3 Å². The van der Waals surface area contributed by atoms with E-state index in [4.69, 9.17) is 0 Å². The van der Waals surface area contributed by atoms with Gasteiger partial charge >= 0.3 is 5.97 Å². The average Bonchev–Trinajstić information content (AvgIpc) is 2.47. The summed E-state index contributed by atoms with van der Waals surface area (Å²) >= 11 is 0. The molecule has 0 saturated heterocycles. The smallest absolute Gasteiger partial charge is 0.309 e. The number of aliphatic carboxylic acids is 1. The summed E-state index contributed by atoms with van der Waals surface area (Å²) in [7, 11) is 1.61. The topological polar surface area (TPSA) is 66.4 Å². The summed E-state index contributed by atoms with van der Waals surface area (Å²) in [6, 6.07) is 7.64. The first kappa shape index (κ1) is 17.2. The lowest BCUT2D eigenvalue weighted by atomic mass is 9.79. The van der Waals surface area contributed by atoms with Crippen molar-refractivity contribution in [1.29, 1.82) is 0 Å². The van der Waals surface area contributed by atoms with Crippen LogP contribution in [0.25, 0.3) is 0 Å². The molecule has 1 aromatic carbocycles. The van der Waals surface area contributed by atoms with Gasteiger partial charge in [0.1, 0.15) is 0 Å². The van der Waals surface area contributed by atoms with Crippen molar-refractivity contribution in [1.82, 2.24) is 5.32 Å². The Morgan fingerprint density at radius 2 is 1.76 bits per heavy atom. The Balaban J connectivity index is 2.76. The summed E-state index contributed by atoms with van der Waals surface area (Å²) in [5, 5.41) is 12.1. The van der Waals surface area contributed by atoms with E-state index in [9.17, 15) is 14.7 Å². The maximum atomic E-state index is 11.5. The SMILES string of the molecule is CCCCC(C)(Cc1ccc(CC(=O)NC)cc1)C(=O)O. The molecule has 1 unspecified atom stereocenters. The second-order valence-electron chi connectivity index (χ2n) is 5.81. The molecule has 0 heterocycles. The summed E-state index contributed by atoms with van der Waals surface area (Å²) in [5.74, 6) is -0.772. The van der Waals surface area contributed by atoms with Crippen LogP contribution in [0, 0.1) is 5.41 Å². The number of carbonyl (C=O) groups excluding carboxylic acids is 1. The molecule has 0 spiro atoms. The summed E-state index contributed by atoms with van der Waals surface area (Å²) in [4.78, 5) is 22.8. The number of rotatable bonds is 8. The van der Waals surface area contributed by atoms with Crippen molar-refractivity contribution in [2.45, 2.75) is 46.0 Å². The monoisotopic (exact) mass is 291 g/mol. The zero-order valence-corrected chi connectivity index (χ0v) is 13.1. The second-order valence-corrected chi connectivity index (χ2v) is 5.81. The number of nitrogens with one attached hydrogen (secondary N) is 1. The fraction of sp³-hybridized carbons (Fsp3) is 0.529. The number of carboxylic acids is 1. The highest BCUT2D eigenvalue weighted by Gasteiger charge is 2.32. The number of unbranched alkanes of at least 4 members (excludes halogenated alkanes) is 1. The Hall–Kier alpha value is -1.84. The first-order chi connectivity index (χ1) is 9.91. The quantitative estimate of drug-likeness (QED) is 0.774. The second kappa shape index (κ2) is 7.81. The van der Waals surface area contributed by atoms with E-state index in [0.717, 1.165) is 24.0 Å². The number of hydrogen-bond donors (Lipinski definition) is 2. The Labute approximate surface area is 126 Å². The first-order valence-corrected chi connectivity index (χ1v) is 7.43. The summed E-state index contributed by atoms with van der Waals surface area (Å²) < 4.78 is 0. The fourth-order valence-electron chi connectivity index (χ4n) is 2.34. The van der Waals surface area contributed by atoms with Crippen molar-refractivity contribution in [2.24, 2.45) is 5.41 Å². The Bertz CT molecular complexity index is 481. The fourth-order valence-corrected chi connectivity index (χ4v) is 2.34. The van der Waals surface area contributed by atoms with Crippen LogP contribution in [0.5, 0.6) is 0 Å². The highest BCUT2D eigenvalue weighted by atomic mass is 16.4. The van der Waals surface area contributed by atoms with Crippen LogP contribution in [0.3, 0.4) is 0 Å². The minimum atomic E-state index is -0.745. The molecule has 0 aliphatic carbocycles. The Morgan fingerprint density at radius 1 is 1.19 bits per heavy atom. The molecular weight excluding hydrogens is 266 g/mol. The van der Waals surface area contributed by atoms with Crippen molar-refractivity contribution in [2.75, 3.05) is 7.05 Å². The van der Waals surface area contributed by atoms with Gasteiger partial charge in [0.15, 0.2) is 0 Å². The molecule has 4 heteroatoms. The van der Waals surface area contributed by atoms with E-state index in [1.54, 1.807) is 7.05 Å². The predicted octanol–water partition coefficient (Wildman–Crippen LogP) is 2.80. The molecule has 0 radical (unpaired) electrons. The number of benzene rings is 1. The van der Waals surface area contributed by atoms with E-state index in [2.05, 4.69) is 12.2 Å². The molecule has 0 aliphatic rings. The minimum absolute atomic E-state index is 0.0268. The molecule has 0 aliphatic heterocycles. The lowest BCUT2D eigenvalue weighted by molar-refractivity contribution is -0.148. The van der Waals surface area contributed by atoms with Gasteiger partial charge in [-0.2, -0.15) is 0 Å². The molecule has 1 aromatic rings. The molecule has 1 atom stereocenters. The highest BCUT2D eigenvalue weighted by Crippen LogP contribution is 2.29. The molecule has 0 saturated carbocycles. The molecule has 21 heavy (non-hydrogen) atoms. The minimum Gasteiger partial charge on any atom is -0.481 e. The number of amides is 1. The maximum Gasteiger partial charge on any atom is 0.309 e. The summed E-state index contributed by atoms with van der Waals surface area (Å²) in [5.41, 5.74) is 1.21. The molecule has 0 fully saturated rings. The van der Waals surface area contributed by atoms with Crippen LogP contribution in [-0.4, -0.2) is 24.0 Å². The molecule has 4 nitrogen and oxygen atoms in total. The van der Waals surface area contributed by atoms with Gasteiger partial charge < -0.3 is 10.4 Å². The van der Waals surface area contributed by atoms with Gasteiger partial charge in [-0.15, -0.1) is 0 Å². The van der Waals surface area contributed by atoms with Crippen LogP contribution >= 0.6 is 0 Å². The summed E-state index contributed by atoms with van der Waals surface area (Å²) in [6.45, 7) is 3.87. The Kier molecular flexibility index (Phi) is 6.40. The van der Waals surface area contributed by atoms with Gasteiger partial charge in [-0.3, -0.25) is 9.59 Å². The van der Waals surface area contributed by atoms with Crippen LogP contribution in [0.2, 0.25) is 0 Å². The first-order valence-electron chi connectivity index (χ1n) is 7.43. The normalized spacial score (nSPS) is 13.5. The van der Waals surface area contributed by atoms with Gasteiger partial charge in [-0.25, -0.2) is 0 Å². The highest BCUT2D eigenvalue weighted by molar-refractivity contribution is 5.78. The van der Waals surface area contributed by atoms with E-state index in [1.807, 2.05) is 31.2 Å². The van der Waals surface area contributed by atoms with Crippen molar-refractivity contribution in [3.63, 3.8) is 0 Å². The van der Waals surface area contributed by atoms with Crippen LogP contribution < -0.4 is 5.32 Å².